The van der Waals surface area contributed by atoms with Gasteiger partial charge in [-0.25, -0.2) is 4.79 Å². The molecule has 2 aliphatic heterocycles. The van der Waals surface area contributed by atoms with Crippen LogP contribution in [0.4, 0.5) is 0 Å². The van der Waals surface area contributed by atoms with Crippen LogP contribution in [0.3, 0.4) is 0 Å². The average Bonchev–Trinajstić information content (AvgIpc) is 3.07. The van der Waals surface area contributed by atoms with Gasteiger partial charge in [-0.3, -0.25) is 4.79 Å². The minimum Gasteiger partial charge on any atom is -0.456 e. The van der Waals surface area contributed by atoms with Gasteiger partial charge >= 0.3 is 5.97 Å². The smallest absolute Gasteiger partial charge is 0.336 e. The summed E-state index contributed by atoms with van der Waals surface area (Å²) in [6.07, 6.45) is 1.46. The summed E-state index contributed by atoms with van der Waals surface area (Å²) in [4.78, 5) is 25.8. The number of nitrogens with one attached hydrogen (secondary N) is 1. The normalized spacial score (nSPS) is 27.7. The molecule has 5 rings (SSSR count). The fourth-order valence-electron chi connectivity index (χ4n) is 5.31. The Balaban J connectivity index is 1.57. The van der Waals surface area contributed by atoms with Crippen LogP contribution in [0, 0.1) is 11.3 Å². The molecule has 29 heavy (non-hydrogen) atoms. The molecule has 148 valence electrons. The quantitative estimate of drug-likeness (QED) is 0.784. The molecule has 1 aliphatic carbocycles. The SMILES string of the molecule is CC1(C)CC(=O)C2C(C1)NC1=C(C(=O)OC1)C2c1ccc(-c2ccccc2)cc1. The number of cyclic esters (lactones) is 1. The van der Waals surface area contributed by atoms with Crippen molar-refractivity contribution in [1.29, 1.82) is 0 Å². The van der Waals surface area contributed by atoms with Crippen molar-refractivity contribution in [1.82, 2.24) is 5.32 Å². The third-order valence-corrected chi connectivity index (χ3v) is 6.53. The first kappa shape index (κ1) is 18.2. The molecule has 4 nitrogen and oxygen atoms in total. The van der Waals surface area contributed by atoms with Crippen LogP contribution in [-0.2, 0) is 14.3 Å². The van der Waals surface area contributed by atoms with E-state index >= 15 is 0 Å². The maximum absolute atomic E-state index is 13.2. The van der Waals surface area contributed by atoms with Crippen molar-refractivity contribution in [3.63, 3.8) is 0 Å². The lowest BCUT2D eigenvalue weighted by molar-refractivity contribution is -0.136. The largest absolute Gasteiger partial charge is 0.456 e. The number of hydrogen-bond donors (Lipinski definition) is 1. The van der Waals surface area contributed by atoms with Crippen LogP contribution in [0.5, 0.6) is 0 Å². The van der Waals surface area contributed by atoms with Crippen LogP contribution in [0.15, 0.2) is 65.9 Å². The standard InChI is InChI=1S/C25H25NO3/c1-25(2)12-18-22(20(27)13-25)21(23-19(26-18)14-29-24(23)28)17-10-8-16(9-11-17)15-6-4-3-5-7-15/h3-11,18,21-22,26H,12-14H2,1-2H3. The molecule has 2 heterocycles. The molecule has 0 aromatic heterocycles. The summed E-state index contributed by atoms with van der Waals surface area (Å²) in [5.74, 6) is -0.516. The van der Waals surface area contributed by atoms with Gasteiger partial charge in [0.25, 0.3) is 0 Å². The van der Waals surface area contributed by atoms with E-state index in [4.69, 9.17) is 4.74 Å². The van der Waals surface area contributed by atoms with E-state index in [-0.39, 0.29) is 41.7 Å². The monoisotopic (exact) mass is 387 g/mol. The highest BCUT2D eigenvalue weighted by Crippen LogP contribution is 2.49. The lowest BCUT2D eigenvalue weighted by atomic mass is 9.61. The summed E-state index contributed by atoms with van der Waals surface area (Å²) in [6.45, 7) is 4.57. The molecule has 0 bridgehead atoms. The number of ether oxygens (including phenoxy) is 1. The predicted molar refractivity (Wildman–Crippen MR) is 111 cm³/mol. The van der Waals surface area contributed by atoms with E-state index in [1.807, 2.05) is 18.2 Å². The van der Waals surface area contributed by atoms with Gasteiger partial charge in [0.05, 0.1) is 11.3 Å². The number of rotatable bonds is 2. The molecular formula is C25H25NO3. The number of benzene rings is 2. The summed E-state index contributed by atoms with van der Waals surface area (Å²) in [5, 5.41) is 3.48. The Kier molecular flexibility index (Phi) is 4.12. The number of Topliss-reactive ketones (excluding diaryl/α,β-unsaturated/α-hetero) is 1. The lowest BCUT2D eigenvalue weighted by Crippen LogP contribution is -2.53. The van der Waals surface area contributed by atoms with Gasteiger partial charge in [0.15, 0.2) is 0 Å². The summed E-state index contributed by atoms with van der Waals surface area (Å²) >= 11 is 0. The van der Waals surface area contributed by atoms with E-state index in [2.05, 4.69) is 55.6 Å². The Morgan fingerprint density at radius 2 is 1.66 bits per heavy atom. The number of carbonyl (C=O) groups is 2. The number of carbonyl (C=O) groups excluding carboxylic acids is 2. The van der Waals surface area contributed by atoms with Crippen molar-refractivity contribution in [3.8, 4) is 11.1 Å². The van der Waals surface area contributed by atoms with Crippen molar-refractivity contribution < 1.29 is 14.3 Å². The Morgan fingerprint density at radius 3 is 2.38 bits per heavy atom. The van der Waals surface area contributed by atoms with E-state index in [0.29, 0.717) is 12.0 Å². The first-order chi connectivity index (χ1) is 13.9. The minimum absolute atomic E-state index is 0.0332. The Bertz CT molecular complexity index is 1000. The fourth-order valence-corrected chi connectivity index (χ4v) is 5.31. The third kappa shape index (κ3) is 3.07. The zero-order valence-corrected chi connectivity index (χ0v) is 16.8. The summed E-state index contributed by atoms with van der Waals surface area (Å²) in [7, 11) is 0. The zero-order chi connectivity index (χ0) is 20.2. The molecule has 1 fully saturated rings. The van der Waals surface area contributed by atoms with Gasteiger partial charge in [0, 0.05) is 24.3 Å². The molecule has 3 atom stereocenters. The molecular weight excluding hydrogens is 362 g/mol. The molecule has 1 N–H and O–H groups in total. The van der Waals surface area contributed by atoms with Gasteiger partial charge in [0.2, 0.25) is 0 Å². The van der Waals surface area contributed by atoms with Crippen molar-refractivity contribution in [3.05, 3.63) is 71.4 Å². The maximum atomic E-state index is 13.2. The van der Waals surface area contributed by atoms with Crippen LogP contribution in [0.2, 0.25) is 0 Å². The fraction of sp³-hybridized carbons (Fsp3) is 0.360. The maximum Gasteiger partial charge on any atom is 0.336 e. The van der Waals surface area contributed by atoms with E-state index < -0.39 is 0 Å². The highest BCUT2D eigenvalue weighted by molar-refractivity contribution is 5.97. The second kappa shape index (κ2) is 6.58. The Hall–Kier alpha value is -2.88. The number of ketones is 1. The Morgan fingerprint density at radius 1 is 0.966 bits per heavy atom. The van der Waals surface area contributed by atoms with Crippen molar-refractivity contribution >= 4 is 11.8 Å². The molecule has 0 radical (unpaired) electrons. The molecule has 3 aliphatic rings. The van der Waals surface area contributed by atoms with E-state index in [1.54, 1.807) is 0 Å². The molecule has 4 heteroatoms. The number of esters is 1. The van der Waals surface area contributed by atoms with Crippen molar-refractivity contribution in [2.75, 3.05) is 6.61 Å². The van der Waals surface area contributed by atoms with E-state index in [9.17, 15) is 9.59 Å². The molecule has 3 unspecified atom stereocenters. The van der Waals surface area contributed by atoms with Gasteiger partial charge in [-0.2, -0.15) is 0 Å². The molecule has 0 spiro atoms. The van der Waals surface area contributed by atoms with Crippen LogP contribution < -0.4 is 5.32 Å². The van der Waals surface area contributed by atoms with E-state index in [1.165, 1.54) is 0 Å². The molecule has 2 aromatic rings. The summed E-state index contributed by atoms with van der Waals surface area (Å²) in [5.41, 5.74) is 4.76. The third-order valence-electron chi connectivity index (χ3n) is 6.53. The number of hydrogen-bond acceptors (Lipinski definition) is 4. The topological polar surface area (TPSA) is 55.4 Å². The van der Waals surface area contributed by atoms with Gasteiger partial charge in [0.1, 0.15) is 12.4 Å². The van der Waals surface area contributed by atoms with Crippen molar-refractivity contribution in [2.45, 2.75) is 38.6 Å². The lowest BCUT2D eigenvalue weighted by Gasteiger charge is -2.46. The molecule has 2 aromatic carbocycles. The first-order valence-electron chi connectivity index (χ1n) is 10.3. The molecule has 0 saturated heterocycles. The highest BCUT2D eigenvalue weighted by atomic mass is 16.5. The van der Waals surface area contributed by atoms with Gasteiger partial charge < -0.3 is 10.1 Å². The molecule has 0 amide bonds. The average molecular weight is 387 g/mol. The van der Waals surface area contributed by atoms with E-state index in [0.717, 1.165) is 28.8 Å². The highest BCUT2D eigenvalue weighted by Gasteiger charge is 2.51. The second-order valence-corrected chi connectivity index (χ2v) is 9.22. The first-order valence-corrected chi connectivity index (χ1v) is 10.3. The predicted octanol–water partition coefficient (Wildman–Crippen LogP) is 4.23. The second-order valence-electron chi connectivity index (χ2n) is 9.22. The number of fused-ring (bicyclic) bond motifs is 1. The summed E-state index contributed by atoms with van der Waals surface area (Å²) in [6, 6.07) is 18.6. The summed E-state index contributed by atoms with van der Waals surface area (Å²) < 4.78 is 5.35. The van der Waals surface area contributed by atoms with Crippen molar-refractivity contribution in [2.24, 2.45) is 11.3 Å². The van der Waals surface area contributed by atoms with Crippen LogP contribution in [-0.4, -0.2) is 24.4 Å². The Labute approximate surface area is 171 Å². The van der Waals surface area contributed by atoms with Crippen LogP contribution in [0.25, 0.3) is 11.1 Å². The van der Waals surface area contributed by atoms with Crippen LogP contribution >= 0.6 is 0 Å². The van der Waals surface area contributed by atoms with Gasteiger partial charge in [-0.15, -0.1) is 0 Å². The van der Waals surface area contributed by atoms with Gasteiger partial charge in [-0.1, -0.05) is 68.4 Å². The zero-order valence-electron chi connectivity index (χ0n) is 16.8. The van der Waals surface area contributed by atoms with Gasteiger partial charge in [-0.05, 0) is 28.5 Å². The van der Waals surface area contributed by atoms with Crippen LogP contribution in [0.1, 0.15) is 38.2 Å². The minimum atomic E-state index is -0.291. The molecule has 1 saturated carbocycles.